The number of nitrogens with two attached hydrogens (primary N) is 1. The van der Waals surface area contributed by atoms with Gasteiger partial charge >= 0.3 is 0 Å². The van der Waals surface area contributed by atoms with E-state index >= 15 is 0 Å². The van der Waals surface area contributed by atoms with E-state index in [0.717, 1.165) is 19.4 Å². The predicted octanol–water partition coefficient (Wildman–Crippen LogP) is 3.26. The summed E-state index contributed by atoms with van der Waals surface area (Å²) in [7, 11) is 0. The molecule has 1 aliphatic rings. The normalized spacial score (nSPS) is 27.1. The molecule has 0 saturated carbocycles. The Bertz CT molecular complexity index is 371. The summed E-state index contributed by atoms with van der Waals surface area (Å²) < 4.78 is 0. The van der Waals surface area contributed by atoms with E-state index in [0.29, 0.717) is 18.1 Å². The smallest absolute Gasteiger partial charge is 0.0348 e. The first-order valence-electron chi connectivity index (χ1n) is 7.19. The minimum Gasteiger partial charge on any atom is -0.328 e. The van der Waals surface area contributed by atoms with Crippen LogP contribution in [-0.4, -0.2) is 23.5 Å². The first kappa shape index (κ1) is 13.6. The van der Waals surface area contributed by atoms with Gasteiger partial charge in [0, 0.05) is 24.7 Å². The van der Waals surface area contributed by atoms with Gasteiger partial charge in [-0.3, -0.25) is 4.90 Å². The van der Waals surface area contributed by atoms with Gasteiger partial charge in [0.1, 0.15) is 0 Å². The van der Waals surface area contributed by atoms with Crippen LogP contribution in [0.25, 0.3) is 0 Å². The zero-order chi connectivity index (χ0) is 13.1. The first-order chi connectivity index (χ1) is 8.61. The van der Waals surface area contributed by atoms with E-state index in [9.17, 15) is 0 Å². The van der Waals surface area contributed by atoms with Gasteiger partial charge in [0.2, 0.25) is 0 Å². The average molecular weight is 246 g/mol. The highest BCUT2D eigenvalue weighted by molar-refractivity contribution is 5.24. The fourth-order valence-corrected chi connectivity index (χ4v) is 3.14. The molecule has 2 N–H and O–H groups in total. The lowest BCUT2D eigenvalue weighted by atomic mass is 9.93. The average Bonchev–Trinajstić information content (AvgIpc) is 2.35. The van der Waals surface area contributed by atoms with Crippen molar-refractivity contribution in [1.29, 1.82) is 0 Å². The maximum Gasteiger partial charge on any atom is 0.0348 e. The molecule has 1 aromatic carbocycles. The van der Waals surface area contributed by atoms with Gasteiger partial charge in [-0.1, -0.05) is 36.8 Å². The molecule has 1 aromatic rings. The molecule has 0 amide bonds. The van der Waals surface area contributed by atoms with Crippen molar-refractivity contribution in [2.24, 2.45) is 5.73 Å². The first-order valence-corrected chi connectivity index (χ1v) is 7.19. The number of nitrogens with zero attached hydrogens (tertiary/aromatic N) is 1. The van der Waals surface area contributed by atoms with Crippen molar-refractivity contribution >= 4 is 0 Å². The van der Waals surface area contributed by atoms with E-state index in [1.54, 1.807) is 0 Å². The van der Waals surface area contributed by atoms with Gasteiger partial charge in [-0.25, -0.2) is 0 Å². The molecule has 0 spiro atoms. The fraction of sp³-hybridized carbons (Fsp3) is 0.625. The Labute approximate surface area is 111 Å². The minimum absolute atomic E-state index is 0.395. The standard InChI is InChI=1S/C16H26N2/c1-4-16(14-7-5-12(2)6-8-14)18-10-9-15(17)11-13(18)3/h5-8,13,15-16H,4,9-11,17H2,1-3H3. The lowest BCUT2D eigenvalue weighted by Gasteiger charge is -2.41. The summed E-state index contributed by atoms with van der Waals surface area (Å²) in [5.41, 5.74) is 8.85. The second kappa shape index (κ2) is 5.85. The molecule has 0 bridgehead atoms. The summed E-state index contributed by atoms with van der Waals surface area (Å²) in [6, 6.07) is 10.5. The van der Waals surface area contributed by atoms with Crippen LogP contribution in [0.4, 0.5) is 0 Å². The summed E-state index contributed by atoms with van der Waals surface area (Å²) in [5, 5.41) is 0. The molecule has 1 aliphatic heterocycles. The molecule has 0 aliphatic carbocycles. The molecule has 1 fully saturated rings. The van der Waals surface area contributed by atoms with Crippen molar-refractivity contribution in [2.45, 2.75) is 58.2 Å². The van der Waals surface area contributed by atoms with Crippen LogP contribution in [0.3, 0.4) is 0 Å². The number of benzene rings is 1. The Morgan fingerprint density at radius 3 is 2.56 bits per heavy atom. The van der Waals surface area contributed by atoms with Gasteiger partial charge in [-0.05, 0) is 38.7 Å². The van der Waals surface area contributed by atoms with Crippen LogP contribution in [-0.2, 0) is 0 Å². The van der Waals surface area contributed by atoms with Crippen LogP contribution in [0.5, 0.6) is 0 Å². The van der Waals surface area contributed by atoms with Gasteiger partial charge in [-0.15, -0.1) is 0 Å². The maximum absolute atomic E-state index is 6.06. The molecule has 18 heavy (non-hydrogen) atoms. The summed E-state index contributed by atoms with van der Waals surface area (Å²) in [4.78, 5) is 2.63. The van der Waals surface area contributed by atoms with Crippen LogP contribution >= 0.6 is 0 Å². The lowest BCUT2D eigenvalue weighted by Crippen LogP contribution is -2.46. The summed E-state index contributed by atoms with van der Waals surface area (Å²) in [6.07, 6.45) is 3.43. The molecular weight excluding hydrogens is 220 g/mol. The van der Waals surface area contributed by atoms with Crippen LogP contribution in [0.1, 0.15) is 50.3 Å². The van der Waals surface area contributed by atoms with E-state index in [2.05, 4.69) is 49.9 Å². The second-order valence-corrected chi connectivity index (χ2v) is 5.71. The van der Waals surface area contributed by atoms with Gasteiger partial charge in [0.15, 0.2) is 0 Å². The monoisotopic (exact) mass is 246 g/mol. The highest BCUT2D eigenvalue weighted by Crippen LogP contribution is 2.30. The molecule has 1 heterocycles. The zero-order valence-electron chi connectivity index (χ0n) is 11.9. The molecule has 2 heteroatoms. The van der Waals surface area contributed by atoms with Crippen LogP contribution in [0.15, 0.2) is 24.3 Å². The van der Waals surface area contributed by atoms with E-state index in [1.165, 1.54) is 17.5 Å². The Balaban J connectivity index is 2.15. The molecule has 100 valence electrons. The molecule has 2 nitrogen and oxygen atoms in total. The van der Waals surface area contributed by atoms with Crippen molar-refractivity contribution in [1.82, 2.24) is 4.90 Å². The van der Waals surface area contributed by atoms with E-state index < -0.39 is 0 Å². The third-order valence-electron chi connectivity index (χ3n) is 4.22. The Morgan fingerprint density at radius 2 is 2.00 bits per heavy atom. The molecule has 3 unspecified atom stereocenters. The molecule has 0 radical (unpaired) electrons. The predicted molar refractivity (Wildman–Crippen MR) is 77.6 cm³/mol. The van der Waals surface area contributed by atoms with Crippen LogP contribution in [0, 0.1) is 6.92 Å². The minimum atomic E-state index is 0.395. The van der Waals surface area contributed by atoms with Gasteiger partial charge in [0.25, 0.3) is 0 Å². The fourth-order valence-electron chi connectivity index (χ4n) is 3.14. The molecule has 2 rings (SSSR count). The Kier molecular flexibility index (Phi) is 4.41. The molecular formula is C16H26N2. The highest BCUT2D eigenvalue weighted by Gasteiger charge is 2.28. The lowest BCUT2D eigenvalue weighted by molar-refractivity contribution is 0.0928. The molecule has 3 atom stereocenters. The number of piperidine rings is 1. The zero-order valence-corrected chi connectivity index (χ0v) is 11.9. The van der Waals surface area contributed by atoms with Crippen molar-refractivity contribution in [3.63, 3.8) is 0 Å². The number of hydrogen-bond donors (Lipinski definition) is 1. The SMILES string of the molecule is CCC(c1ccc(C)cc1)N1CCC(N)CC1C. The van der Waals surface area contributed by atoms with Gasteiger partial charge in [0.05, 0.1) is 0 Å². The third-order valence-corrected chi connectivity index (χ3v) is 4.22. The number of likely N-dealkylation sites (tertiary alicyclic amines) is 1. The van der Waals surface area contributed by atoms with E-state index in [1.807, 2.05) is 0 Å². The van der Waals surface area contributed by atoms with Crippen molar-refractivity contribution in [2.75, 3.05) is 6.54 Å². The number of hydrogen-bond acceptors (Lipinski definition) is 2. The quantitative estimate of drug-likeness (QED) is 0.887. The third kappa shape index (κ3) is 2.93. The Hall–Kier alpha value is -0.860. The van der Waals surface area contributed by atoms with Crippen LogP contribution in [0.2, 0.25) is 0 Å². The summed E-state index contributed by atoms with van der Waals surface area (Å²) >= 11 is 0. The molecule has 0 aromatic heterocycles. The number of aryl methyl sites for hydroxylation is 1. The number of rotatable bonds is 3. The van der Waals surface area contributed by atoms with Crippen molar-refractivity contribution in [3.05, 3.63) is 35.4 Å². The Morgan fingerprint density at radius 1 is 1.33 bits per heavy atom. The van der Waals surface area contributed by atoms with Crippen molar-refractivity contribution in [3.8, 4) is 0 Å². The maximum atomic E-state index is 6.06. The largest absolute Gasteiger partial charge is 0.328 e. The summed E-state index contributed by atoms with van der Waals surface area (Å²) in [5.74, 6) is 0. The van der Waals surface area contributed by atoms with Crippen molar-refractivity contribution < 1.29 is 0 Å². The van der Waals surface area contributed by atoms with E-state index in [4.69, 9.17) is 5.73 Å². The highest BCUT2D eigenvalue weighted by atomic mass is 15.2. The van der Waals surface area contributed by atoms with E-state index in [-0.39, 0.29) is 0 Å². The second-order valence-electron chi connectivity index (χ2n) is 5.71. The van der Waals surface area contributed by atoms with Gasteiger partial charge < -0.3 is 5.73 Å². The summed E-state index contributed by atoms with van der Waals surface area (Å²) in [6.45, 7) is 7.88. The molecule has 1 saturated heterocycles. The topological polar surface area (TPSA) is 29.3 Å². The van der Waals surface area contributed by atoms with Crippen LogP contribution < -0.4 is 5.73 Å². The van der Waals surface area contributed by atoms with Gasteiger partial charge in [-0.2, -0.15) is 0 Å².